The fourth-order valence-electron chi connectivity index (χ4n) is 2.96. The molecule has 0 bridgehead atoms. The van der Waals surface area contributed by atoms with E-state index in [1.54, 1.807) is 6.07 Å². The van der Waals surface area contributed by atoms with Gasteiger partial charge >= 0.3 is 0 Å². The average Bonchev–Trinajstić information content (AvgIpc) is 3.04. The minimum Gasteiger partial charge on any atom is -0.489 e. The Morgan fingerprint density at radius 2 is 2.18 bits per heavy atom. The smallest absolute Gasteiger partial charge is 0.243 e. The highest BCUT2D eigenvalue weighted by Crippen LogP contribution is 2.39. The molecule has 5 nitrogen and oxygen atoms in total. The molecule has 2 heterocycles. The number of ether oxygens (including phenoxy) is 1. The summed E-state index contributed by atoms with van der Waals surface area (Å²) < 4.78 is 32.5. The van der Waals surface area contributed by atoms with Gasteiger partial charge in [0.25, 0.3) is 0 Å². The molecule has 1 fully saturated rings. The van der Waals surface area contributed by atoms with Crippen LogP contribution in [0.5, 0.6) is 5.75 Å². The van der Waals surface area contributed by atoms with E-state index in [-0.39, 0.29) is 29.3 Å². The number of halogens is 2. The topological polar surface area (TPSA) is 72.6 Å². The number of rotatable bonds is 3. The number of fused-ring (bicyclic) bond motifs is 1. The first-order chi connectivity index (χ1) is 9.91. The van der Waals surface area contributed by atoms with E-state index in [1.807, 2.05) is 6.92 Å². The van der Waals surface area contributed by atoms with Crippen molar-refractivity contribution in [2.24, 2.45) is 11.7 Å². The second-order valence-electron chi connectivity index (χ2n) is 5.78. The van der Waals surface area contributed by atoms with Crippen molar-refractivity contribution in [2.45, 2.75) is 30.8 Å². The van der Waals surface area contributed by atoms with Crippen molar-refractivity contribution < 1.29 is 13.2 Å². The van der Waals surface area contributed by atoms with Gasteiger partial charge in [-0.05, 0) is 37.9 Å². The quantitative estimate of drug-likeness (QED) is 0.888. The van der Waals surface area contributed by atoms with E-state index >= 15 is 0 Å². The van der Waals surface area contributed by atoms with Crippen molar-refractivity contribution in [1.82, 2.24) is 4.31 Å². The van der Waals surface area contributed by atoms with Gasteiger partial charge in [0.15, 0.2) is 0 Å². The average molecular weight is 367 g/mol. The number of nitrogens with two attached hydrogens (primary N) is 1. The highest BCUT2D eigenvalue weighted by molar-refractivity contribution is 7.89. The van der Waals surface area contributed by atoms with Gasteiger partial charge in [0.05, 0.1) is 9.92 Å². The summed E-state index contributed by atoms with van der Waals surface area (Å²) in [5, 5.41) is 0.366. The molecule has 2 aliphatic rings. The molecule has 0 aliphatic carbocycles. The summed E-state index contributed by atoms with van der Waals surface area (Å²) in [6.07, 6.45) is 1.53. The summed E-state index contributed by atoms with van der Waals surface area (Å²) in [5.41, 5.74) is 6.50. The lowest BCUT2D eigenvalue weighted by Crippen LogP contribution is -2.30. The summed E-state index contributed by atoms with van der Waals surface area (Å²) in [6, 6.07) is 3.18. The van der Waals surface area contributed by atoms with Crippen LogP contribution in [0, 0.1) is 5.92 Å². The molecule has 0 radical (unpaired) electrons. The van der Waals surface area contributed by atoms with E-state index in [1.165, 1.54) is 10.4 Å². The molecule has 2 N–H and O–H groups in total. The van der Waals surface area contributed by atoms with Crippen molar-refractivity contribution in [3.8, 4) is 5.75 Å². The molecule has 1 saturated heterocycles. The maximum atomic E-state index is 12.7. The standard InChI is InChI=1S/C14H19ClN2O3S.ClH/c1-9-4-11-5-12(6-13(15)14(11)20-9)21(18,19)17-3-2-10(7-16)8-17;/h5-6,9-10H,2-4,7-8,16H2,1H3;1H. The Morgan fingerprint density at radius 1 is 1.45 bits per heavy atom. The monoisotopic (exact) mass is 366 g/mol. The van der Waals surface area contributed by atoms with E-state index in [0.717, 1.165) is 12.0 Å². The van der Waals surface area contributed by atoms with Crippen molar-refractivity contribution in [1.29, 1.82) is 0 Å². The van der Waals surface area contributed by atoms with Crippen LogP contribution in [0.3, 0.4) is 0 Å². The predicted octanol–water partition coefficient (Wildman–Crippen LogP) is 2.05. The highest BCUT2D eigenvalue weighted by atomic mass is 35.5. The zero-order valence-corrected chi connectivity index (χ0v) is 14.7. The number of hydrogen-bond donors (Lipinski definition) is 1. The largest absolute Gasteiger partial charge is 0.489 e. The van der Waals surface area contributed by atoms with Crippen molar-refractivity contribution in [3.05, 3.63) is 22.7 Å². The van der Waals surface area contributed by atoms with Crippen molar-refractivity contribution >= 4 is 34.0 Å². The third-order valence-corrected chi connectivity index (χ3v) is 6.26. The molecule has 3 rings (SSSR count). The molecule has 0 spiro atoms. The first kappa shape index (κ1) is 17.8. The van der Waals surface area contributed by atoms with Gasteiger partial charge in [-0.15, -0.1) is 12.4 Å². The molecule has 22 heavy (non-hydrogen) atoms. The van der Waals surface area contributed by atoms with E-state index < -0.39 is 10.0 Å². The van der Waals surface area contributed by atoms with Crippen LogP contribution in [-0.4, -0.2) is 38.5 Å². The van der Waals surface area contributed by atoms with Gasteiger partial charge in [-0.3, -0.25) is 0 Å². The van der Waals surface area contributed by atoms with E-state index in [4.69, 9.17) is 22.1 Å². The Morgan fingerprint density at radius 3 is 2.82 bits per heavy atom. The van der Waals surface area contributed by atoms with Crippen LogP contribution in [0.15, 0.2) is 17.0 Å². The van der Waals surface area contributed by atoms with Gasteiger partial charge < -0.3 is 10.5 Å². The molecule has 0 saturated carbocycles. The van der Waals surface area contributed by atoms with Crippen LogP contribution in [0.25, 0.3) is 0 Å². The third-order valence-electron chi connectivity index (χ3n) is 4.14. The summed E-state index contributed by atoms with van der Waals surface area (Å²) in [7, 11) is -3.51. The molecule has 2 aliphatic heterocycles. The van der Waals surface area contributed by atoms with Crippen molar-refractivity contribution in [2.75, 3.05) is 19.6 Å². The molecule has 124 valence electrons. The van der Waals surface area contributed by atoms with Gasteiger partial charge in [0.2, 0.25) is 10.0 Å². The molecule has 1 aromatic rings. The van der Waals surface area contributed by atoms with E-state index in [9.17, 15) is 8.42 Å². The minimum absolute atomic E-state index is 0. The van der Waals surface area contributed by atoms with Gasteiger partial charge in [-0.25, -0.2) is 8.42 Å². The van der Waals surface area contributed by atoms with Crippen molar-refractivity contribution in [3.63, 3.8) is 0 Å². The molecule has 2 unspecified atom stereocenters. The number of sulfonamides is 1. The lowest BCUT2D eigenvalue weighted by molar-refractivity contribution is 0.255. The Hall–Kier alpha value is -0.530. The zero-order chi connectivity index (χ0) is 15.2. The van der Waals surface area contributed by atoms with Crippen LogP contribution in [-0.2, 0) is 16.4 Å². The normalized spacial score (nSPS) is 24.7. The first-order valence-electron chi connectivity index (χ1n) is 7.11. The first-order valence-corrected chi connectivity index (χ1v) is 8.93. The Labute approximate surface area is 142 Å². The molecular formula is C14H20Cl2N2O3S. The Bertz CT molecular complexity index is 666. The van der Waals surface area contributed by atoms with E-state index in [2.05, 4.69) is 0 Å². The SMILES string of the molecule is CC1Cc2cc(S(=O)(=O)N3CCC(CN)C3)cc(Cl)c2O1.Cl. The molecular weight excluding hydrogens is 347 g/mol. The summed E-state index contributed by atoms with van der Waals surface area (Å²) >= 11 is 6.18. The van der Waals surface area contributed by atoms with Crippen LogP contribution in [0.2, 0.25) is 5.02 Å². The van der Waals surface area contributed by atoms with Gasteiger partial charge in [-0.2, -0.15) is 4.31 Å². The summed E-state index contributed by atoms with van der Waals surface area (Å²) in [5.74, 6) is 0.859. The number of nitrogens with zero attached hydrogens (tertiary/aromatic N) is 1. The van der Waals surface area contributed by atoms with Gasteiger partial charge in [0, 0.05) is 25.1 Å². The zero-order valence-electron chi connectivity index (χ0n) is 12.3. The van der Waals surface area contributed by atoms with Gasteiger partial charge in [-0.1, -0.05) is 11.6 Å². The third kappa shape index (κ3) is 3.08. The second-order valence-corrected chi connectivity index (χ2v) is 8.12. The number of benzene rings is 1. The second kappa shape index (κ2) is 6.53. The van der Waals surface area contributed by atoms with Crippen LogP contribution in [0.4, 0.5) is 0 Å². The Kier molecular flexibility index (Phi) is 5.29. The predicted molar refractivity (Wildman–Crippen MR) is 88.4 cm³/mol. The lowest BCUT2D eigenvalue weighted by Gasteiger charge is -2.17. The molecule has 0 amide bonds. The van der Waals surface area contributed by atoms with Crippen LogP contribution < -0.4 is 10.5 Å². The fraction of sp³-hybridized carbons (Fsp3) is 0.571. The lowest BCUT2D eigenvalue weighted by atomic mass is 10.1. The summed E-state index contributed by atoms with van der Waals surface area (Å²) in [4.78, 5) is 0.252. The molecule has 2 atom stereocenters. The maximum absolute atomic E-state index is 12.7. The maximum Gasteiger partial charge on any atom is 0.243 e. The molecule has 1 aromatic carbocycles. The fourth-order valence-corrected chi connectivity index (χ4v) is 4.92. The minimum atomic E-state index is -3.51. The van der Waals surface area contributed by atoms with E-state index in [0.29, 0.717) is 36.8 Å². The molecule has 8 heteroatoms. The number of hydrogen-bond acceptors (Lipinski definition) is 4. The highest BCUT2D eigenvalue weighted by Gasteiger charge is 2.33. The van der Waals surface area contributed by atoms with Gasteiger partial charge in [0.1, 0.15) is 11.9 Å². The molecule has 0 aromatic heterocycles. The van der Waals surface area contributed by atoms with Crippen LogP contribution in [0.1, 0.15) is 18.9 Å². The Balaban J connectivity index is 0.00000176. The van der Waals surface area contributed by atoms with Crippen LogP contribution >= 0.6 is 24.0 Å². The summed E-state index contributed by atoms with van der Waals surface area (Å²) in [6.45, 7) is 3.46.